The van der Waals surface area contributed by atoms with Crippen LogP contribution in [0.25, 0.3) is 0 Å². The van der Waals surface area contributed by atoms with E-state index in [1.807, 2.05) is 0 Å². The molecule has 5 nitrogen and oxygen atoms in total. The minimum Gasteiger partial charge on any atom is -0.452 e. The minimum absolute atomic E-state index is 0.0120. The molecule has 0 aromatic carbocycles. The Morgan fingerprint density at radius 3 is 2.31 bits per heavy atom. The van der Waals surface area contributed by atoms with Gasteiger partial charge in [0.15, 0.2) is 6.61 Å². The minimum atomic E-state index is -3.16. The SMILES string of the molecule is C#CCOC(=O)CCP(=O)(OCC)OCC. The molecule has 0 unspecified atom stereocenters. The van der Waals surface area contributed by atoms with E-state index in [0.29, 0.717) is 0 Å². The zero-order chi connectivity index (χ0) is 12.4. The number of terminal acetylenes is 1. The van der Waals surface area contributed by atoms with Crippen molar-refractivity contribution >= 4 is 13.6 Å². The fraction of sp³-hybridized carbons (Fsp3) is 0.700. The molecule has 0 aliphatic carbocycles. The average molecular weight is 248 g/mol. The Morgan fingerprint density at radius 2 is 1.88 bits per heavy atom. The number of hydrogen-bond donors (Lipinski definition) is 0. The van der Waals surface area contributed by atoms with Crippen LogP contribution in [0.3, 0.4) is 0 Å². The van der Waals surface area contributed by atoms with Gasteiger partial charge in [-0.1, -0.05) is 5.92 Å². The van der Waals surface area contributed by atoms with Crippen LogP contribution in [0, 0.1) is 12.3 Å². The lowest BCUT2D eigenvalue weighted by molar-refractivity contribution is -0.141. The highest BCUT2D eigenvalue weighted by molar-refractivity contribution is 7.53. The molecule has 0 saturated carbocycles. The van der Waals surface area contributed by atoms with Crippen LogP contribution in [0.2, 0.25) is 0 Å². The van der Waals surface area contributed by atoms with E-state index < -0.39 is 13.6 Å². The summed E-state index contributed by atoms with van der Waals surface area (Å²) in [6.45, 7) is 3.89. The van der Waals surface area contributed by atoms with Crippen molar-refractivity contribution in [2.45, 2.75) is 20.3 Å². The van der Waals surface area contributed by atoms with Crippen molar-refractivity contribution in [1.82, 2.24) is 0 Å². The molecule has 0 radical (unpaired) electrons. The average Bonchev–Trinajstić information content (AvgIpc) is 2.24. The summed E-state index contributed by atoms with van der Waals surface area (Å²) in [5.74, 6) is 1.67. The fourth-order valence-electron chi connectivity index (χ4n) is 0.982. The third kappa shape index (κ3) is 6.62. The van der Waals surface area contributed by atoms with Gasteiger partial charge in [0.05, 0.1) is 25.8 Å². The number of carbonyl (C=O) groups is 1. The van der Waals surface area contributed by atoms with E-state index in [1.54, 1.807) is 13.8 Å². The van der Waals surface area contributed by atoms with Gasteiger partial charge in [0.1, 0.15) is 0 Å². The first-order chi connectivity index (χ1) is 7.58. The summed E-state index contributed by atoms with van der Waals surface area (Å²) in [6, 6.07) is 0. The van der Waals surface area contributed by atoms with Crippen LogP contribution in [-0.4, -0.2) is 32.0 Å². The van der Waals surface area contributed by atoms with Crippen LogP contribution in [0.15, 0.2) is 0 Å². The largest absolute Gasteiger partial charge is 0.452 e. The highest BCUT2D eigenvalue weighted by atomic mass is 31.2. The summed E-state index contributed by atoms with van der Waals surface area (Å²) in [6.07, 6.45) is 4.91. The first-order valence-electron chi connectivity index (χ1n) is 5.05. The van der Waals surface area contributed by atoms with E-state index in [2.05, 4.69) is 10.7 Å². The van der Waals surface area contributed by atoms with Crippen LogP contribution in [0.1, 0.15) is 20.3 Å². The van der Waals surface area contributed by atoms with E-state index in [4.69, 9.17) is 15.5 Å². The monoisotopic (exact) mass is 248 g/mol. The highest BCUT2D eigenvalue weighted by Gasteiger charge is 2.24. The molecule has 0 aliphatic rings. The number of rotatable bonds is 8. The number of esters is 1. The second-order valence-corrected chi connectivity index (χ2v) is 4.97. The molecule has 0 heterocycles. The van der Waals surface area contributed by atoms with Crippen molar-refractivity contribution in [3.63, 3.8) is 0 Å². The molecule has 0 amide bonds. The van der Waals surface area contributed by atoms with E-state index in [9.17, 15) is 9.36 Å². The Kier molecular flexibility index (Phi) is 7.92. The smallest absolute Gasteiger partial charge is 0.331 e. The van der Waals surface area contributed by atoms with Crippen molar-refractivity contribution in [3.8, 4) is 12.3 Å². The molecular weight excluding hydrogens is 231 g/mol. The number of ether oxygens (including phenoxy) is 1. The maximum atomic E-state index is 11.9. The molecule has 0 saturated heterocycles. The lowest BCUT2D eigenvalue weighted by Gasteiger charge is -2.16. The first kappa shape index (κ1) is 15.2. The third-order valence-corrected chi connectivity index (χ3v) is 3.63. The summed E-state index contributed by atoms with van der Waals surface area (Å²) in [4.78, 5) is 11.1. The van der Waals surface area contributed by atoms with Crippen molar-refractivity contribution < 1.29 is 23.1 Å². The normalized spacial score (nSPS) is 10.8. The van der Waals surface area contributed by atoms with Crippen LogP contribution >= 0.6 is 7.60 Å². The molecule has 0 rings (SSSR count). The maximum Gasteiger partial charge on any atom is 0.331 e. The van der Waals surface area contributed by atoms with Crippen LogP contribution in [-0.2, 0) is 23.1 Å². The molecule has 0 aliphatic heterocycles. The van der Waals surface area contributed by atoms with E-state index in [0.717, 1.165) is 0 Å². The predicted molar refractivity (Wildman–Crippen MR) is 60.1 cm³/mol. The van der Waals surface area contributed by atoms with Crippen molar-refractivity contribution in [3.05, 3.63) is 0 Å². The summed E-state index contributed by atoms with van der Waals surface area (Å²) < 4.78 is 26.6. The Hall–Kier alpha value is -0.820. The van der Waals surface area contributed by atoms with E-state index >= 15 is 0 Å². The summed E-state index contributed by atoms with van der Waals surface area (Å²) >= 11 is 0. The lowest BCUT2D eigenvalue weighted by Crippen LogP contribution is -2.09. The van der Waals surface area contributed by atoms with Gasteiger partial charge in [0.2, 0.25) is 0 Å². The number of carbonyl (C=O) groups excluding carboxylic acids is 1. The Labute approximate surface area is 96.0 Å². The van der Waals surface area contributed by atoms with E-state index in [-0.39, 0.29) is 32.4 Å². The molecule has 0 aromatic rings. The van der Waals surface area contributed by atoms with Crippen LogP contribution < -0.4 is 0 Å². The molecular formula is C10H17O5P. The molecule has 0 N–H and O–H groups in total. The fourth-order valence-corrected chi connectivity index (χ4v) is 2.56. The van der Waals surface area contributed by atoms with Gasteiger partial charge in [0.25, 0.3) is 0 Å². The van der Waals surface area contributed by atoms with Crippen molar-refractivity contribution in [2.75, 3.05) is 26.0 Å². The van der Waals surface area contributed by atoms with Gasteiger partial charge in [-0.3, -0.25) is 9.36 Å². The second kappa shape index (κ2) is 8.35. The maximum absolute atomic E-state index is 11.9. The summed E-state index contributed by atoms with van der Waals surface area (Å²) in [5.41, 5.74) is 0. The van der Waals surface area contributed by atoms with Gasteiger partial charge < -0.3 is 13.8 Å². The molecule has 92 valence electrons. The lowest BCUT2D eigenvalue weighted by atomic mass is 10.5. The quantitative estimate of drug-likeness (QED) is 0.372. The second-order valence-electron chi connectivity index (χ2n) is 2.78. The van der Waals surface area contributed by atoms with Crippen molar-refractivity contribution in [2.24, 2.45) is 0 Å². The Bertz CT molecular complexity index is 284. The van der Waals surface area contributed by atoms with E-state index in [1.165, 1.54) is 0 Å². The highest BCUT2D eigenvalue weighted by Crippen LogP contribution is 2.48. The van der Waals surface area contributed by atoms with Gasteiger partial charge >= 0.3 is 13.6 Å². The summed E-state index contributed by atoms with van der Waals surface area (Å²) in [5, 5.41) is 0. The molecule has 0 atom stereocenters. The van der Waals surface area contributed by atoms with Gasteiger partial charge in [0, 0.05) is 0 Å². The molecule has 16 heavy (non-hydrogen) atoms. The predicted octanol–water partition coefficient (Wildman–Crippen LogP) is 1.82. The molecule has 0 spiro atoms. The number of hydrogen-bond acceptors (Lipinski definition) is 5. The Morgan fingerprint density at radius 1 is 1.31 bits per heavy atom. The summed E-state index contributed by atoms with van der Waals surface area (Å²) in [7, 11) is -3.16. The molecule has 0 aromatic heterocycles. The van der Waals surface area contributed by atoms with Gasteiger partial charge in [-0.2, -0.15) is 0 Å². The Balaban J connectivity index is 4.07. The molecule has 6 heteroatoms. The van der Waals surface area contributed by atoms with Gasteiger partial charge in [-0.05, 0) is 13.8 Å². The van der Waals surface area contributed by atoms with Crippen LogP contribution in [0.5, 0.6) is 0 Å². The zero-order valence-corrected chi connectivity index (χ0v) is 10.5. The van der Waals surface area contributed by atoms with Crippen molar-refractivity contribution in [1.29, 1.82) is 0 Å². The van der Waals surface area contributed by atoms with Gasteiger partial charge in [-0.25, -0.2) is 0 Å². The third-order valence-electron chi connectivity index (χ3n) is 1.56. The standard InChI is InChI=1S/C10H17O5P/c1-4-8-13-10(11)7-9-16(12,14-5-2)15-6-3/h1H,5-9H2,2-3H3. The topological polar surface area (TPSA) is 61.8 Å². The van der Waals surface area contributed by atoms with Gasteiger partial charge in [-0.15, -0.1) is 6.42 Å². The molecule has 0 bridgehead atoms. The zero-order valence-electron chi connectivity index (χ0n) is 9.60. The van der Waals surface area contributed by atoms with Crippen LogP contribution in [0.4, 0.5) is 0 Å². The first-order valence-corrected chi connectivity index (χ1v) is 6.78. The molecule has 0 fully saturated rings.